The van der Waals surface area contributed by atoms with Crippen LogP contribution >= 0.6 is 0 Å². The first-order valence-corrected chi connectivity index (χ1v) is 14.9. The van der Waals surface area contributed by atoms with E-state index < -0.39 is 29.7 Å². The first-order chi connectivity index (χ1) is 21.9. The van der Waals surface area contributed by atoms with Crippen molar-refractivity contribution in [2.75, 3.05) is 51.6 Å². The molecule has 0 saturated carbocycles. The minimum absolute atomic E-state index is 0.0298. The first kappa shape index (κ1) is 33.4. The van der Waals surface area contributed by atoms with E-state index in [0.717, 1.165) is 24.0 Å². The van der Waals surface area contributed by atoms with Gasteiger partial charge in [0.05, 0.1) is 49.8 Å². The van der Waals surface area contributed by atoms with Gasteiger partial charge in [-0.3, -0.25) is 39.0 Å². The van der Waals surface area contributed by atoms with Gasteiger partial charge in [0.15, 0.2) is 0 Å². The van der Waals surface area contributed by atoms with Gasteiger partial charge in [0, 0.05) is 25.0 Å². The Morgan fingerprint density at radius 3 is 2.22 bits per heavy atom. The van der Waals surface area contributed by atoms with Gasteiger partial charge >= 0.3 is 0 Å². The zero-order valence-electron chi connectivity index (χ0n) is 24.9. The lowest BCUT2D eigenvalue weighted by molar-refractivity contribution is -0.136. The van der Waals surface area contributed by atoms with Crippen LogP contribution in [-0.4, -0.2) is 93.0 Å². The van der Waals surface area contributed by atoms with Crippen LogP contribution in [-0.2, 0) is 28.6 Å². The zero-order valence-corrected chi connectivity index (χ0v) is 24.9. The second-order valence-electron chi connectivity index (χ2n) is 10.4. The van der Waals surface area contributed by atoms with Crippen molar-refractivity contribution in [1.29, 1.82) is 0 Å². The monoisotopic (exact) mass is 623 g/mol. The van der Waals surface area contributed by atoms with Crippen LogP contribution in [0.1, 0.15) is 69.6 Å². The van der Waals surface area contributed by atoms with Crippen LogP contribution in [0.15, 0.2) is 42.5 Å². The van der Waals surface area contributed by atoms with Crippen molar-refractivity contribution in [3.63, 3.8) is 0 Å². The third-order valence-corrected chi connectivity index (χ3v) is 7.19. The molecule has 13 nitrogen and oxygen atoms in total. The average Bonchev–Trinajstić information content (AvgIpc) is 3.29. The SMILES string of the molecule is O=Cc1ccc(OCCOCCOCCOCCCCCC(=O)Nc2cccc3c2C(=O)N(C2CCC(=O)NC2=O)C3=O)cc1. The molecule has 1 fully saturated rings. The van der Waals surface area contributed by atoms with Gasteiger partial charge < -0.3 is 24.3 Å². The molecule has 2 heterocycles. The Morgan fingerprint density at radius 1 is 0.844 bits per heavy atom. The van der Waals surface area contributed by atoms with Crippen molar-refractivity contribution >= 4 is 41.5 Å². The molecule has 240 valence electrons. The summed E-state index contributed by atoms with van der Waals surface area (Å²) >= 11 is 0. The molecule has 2 aliphatic rings. The van der Waals surface area contributed by atoms with Crippen molar-refractivity contribution in [3.8, 4) is 5.75 Å². The van der Waals surface area contributed by atoms with Gasteiger partial charge in [-0.1, -0.05) is 12.5 Å². The van der Waals surface area contributed by atoms with E-state index in [1.807, 2.05) is 0 Å². The molecule has 0 aliphatic carbocycles. The van der Waals surface area contributed by atoms with Gasteiger partial charge in [-0.15, -0.1) is 0 Å². The Hall–Kier alpha value is -4.46. The van der Waals surface area contributed by atoms with Crippen LogP contribution in [0.3, 0.4) is 0 Å². The summed E-state index contributed by atoms with van der Waals surface area (Å²) in [6, 6.07) is 10.4. The molecular formula is C32H37N3O10. The highest BCUT2D eigenvalue weighted by molar-refractivity contribution is 6.26. The summed E-state index contributed by atoms with van der Waals surface area (Å²) in [6.45, 7) is 3.10. The van der Waals surface area contributed by atoms with Gasteiger partial charge in [-0.25, -0.2) is 0 Å². The van der Waals surface area contributed by atoms with Gasteiger partial charge in [0.25, 0.3) is 11.8 Å². The largest absolute Gasteiger partial charge is 0.491 e. The summed E-state index contributed by atoms with van der Waals surface area (Å²) < 4.78 is 22.0. The lowest BCUT2D eigenvalue weighted by atomic mass is 10.0. The number of anilines is 1. The standard InChI is InChI=1S/C32H37N3O10/c36-21-22-8-10-23(11-9-22)45-20-19-44-18-17-43-16-15-42-14-3-1-2-7-27(37)33-25-6-4-5-24-29(25)32(41)35(31(24)40)26-12-13-28(38)34-30(26)39/h4-6,8-11,21,26H,1-3,7,12-20H2,(H,33,37)(H,34,38,39). The third kappa shape index (κ3) is 9.51. The molecule has 13 heteroatoms. The van der Waals surface area contributed by atoms with E-state index in [4.69, 9.17) is 18.9 Å². The number of hydrogen-bond donors (Lipinski definition) is 2. The molecule has 2 aliphatic heterocycles. The van der Waals surface area contributed by atoms with E-state index in [-0.39, 0.29) is 42.0 Å². The van der Waals surface area contributed by atoms with Gasteiger partial charge in [0.2, 0.25) is 17.7 Å². The molecule has 0 bridgehead atoms. The van der Waals surface area contributed by atoms with Crippen molar-refractivity contribution < 1.29 is 47.7 Å². The number of rotatable bonds is 19. The van der Waals surface area contributed by atoms with Gasteiger partial charge in [-0.05, 0) is 55.7 Å². The molecule has 0 spiro atoms. The number of fused-ring (bicyclic) bond motifs is 1. The summed E-state index contributed by atoms with van der Waals surface area (Å²) in [4.78, 5) is 73.9. The molecular weight excluding hydrogens is 586 g/mol. The molecule has 1 saturated heterocycles. The second kappa shape index (κ2) is 17.1. The number of hydrogen-bond acceptors (Lipinski definition) is 10. The van der Waals surface area contributed by atoms with Crippen molar-refractivity contribution in [3.05, 3.63) is 59.2 Å². The first-order valence-electron chi connectivity index (χ1n) is 14.9. The number of ether oxygens (including phenoxy) is 4. The molecule has 1 unspecified atom stereocenters. The number of nitrogens with zero attached hydrogens (tertiary/aromatic N) is 1. The van der Waals surface area contributed by atoms with Crippen LogP contribution in [0.2, 0.25) is 0 Å². The average molecular weight is 624 g/mol. The number of carbonyl (C=O) groups is 6. The number of carbonyl (C=O) groups excluding carboxylic acids is 6. The highest BCUT2D eigenvalue weighted by Gasteiger charge is 2.45. The Morgan fingerprint density at radius 2 is 1.53 bits per heavy atom. The number of amides is 5. The fraction of sp³-hybridized carbons (Fsp3) is 0.438. The highest BCUT2D eigenvalue weighted by Crippen LogP contribution is 2.32. The molecule has 2 aromatic carbocycles. The molecule has 2 aromatic rings. The molecule has 0 aromatic heterocycles. The predicted molar refractivity (Wildman–Crippen MR) is 160 cm³/mol. The van der Waals surface area contributed by atoms with Crippen molar-refractivity contribution in [2.45, 2.75) is 44.6 Å². The van der Waals surface area contributed by atoms with Crippen molar-refractivity contribution in [2.24, 2.45) is 0 Å². The fourth-order valence-electron chi connectivity index (χ4n) is 4.90. The van der Waals surface area contributed by atoms with E-state index in [9.17, 15) is 28.8 Å². The van der Waals surface area contributed by atoms with E-state index in [1.54, 1.807) is 36.4 Å². The predicted octanol–water partition coefficient (Wildman–Crippen LogP) is 2.53. The summed E-state index contributed by atoms with van der Waals surface area (Å²) in [5.41, 5.74) is 0.976. The van der Waals surface area contributed by atoms with Crippen LogP contribution in [0.4, 0.5) is 5.69 Å². The Bertz CT molecular complexity index is 1380. The number of benzene rings is 2. The van der Waals surface area contributed by atoms with E-state index in [1.165, 1.54) is 6.07 Å². The van der Waals surface area contributed by atoms with Crippen LogP contribution < -0.4 is 15.4 Å². The topological polar surface area (TPSA) is 167 Å². The van der Waals surface area contributed by atoms with Crippen LogP contribution in [0.25, 0.3) is 0 Å². The van der Waals surface area contributed by atoms with Gasteiger partial charge in [-0.2, -0.15) is 0 Å². The lowest BCUT2D eigenvalue weighted by Crippen LogP contribution is -2.54. The summed E-state index contributed by atoms with van der Waals surface area (Å²) in [5, 5.41) is 4.89. The van der Waals surface area contributed by atoms with E-state index in [0.29, 0.717) is 64.0 Å². The van der Waals surface area contributed by atoms with Crippen LogP contribution in [0.5, 0.6) is 5.75 Å². The zero-order chi connectivity index (χ0) is 32.0. The maximum atomic E-state index is 13.1. The molecule has 0 radical (unpaired) electrons. The smallest absolute Gasteiger partial charge is 0.264 e. The van der Waals surface area contributed by atoms with Crippen molar-refractivity contribution in [1.82, 2.24) is 10.2 Å². The normalized spacial score (nSPS) is 16.0. The van der Waals surface area contributed by atoms with Crippen LogP contribution in [0, 0.1) is 0 Å². The number of aldehydes is 1. The Labute approximate surface area is 260 Å². The lowest BCUT2D eigenvalue weighted by Gasteiger charge is -2.27. The number of unbranched alkanes of at least 4 members (excludes halogenated alkanes) is 2. The Kier molecular flexibility index (Phi) is 12.7. The molecule has 4 rings (SSSR count). The molecule has 1 atom stereocenters. The maximum Gasteiger partial charge on any atom is 0.264 e. The van der Waals surface area contributed by atoms with Gasteiger partial charge in [0.1, 0.15) is 24.7 Å². The number of nitrogens with one attached hydrogen (secondary N) is 2. The molecule has 45 heavy (non-hydrogen) atoms. The summed E-state index contributed by atoms with van der Waals surface area (Å²) in [6.07, 6.45) is 3.23. The maximum absolute atomic E-state index is 13.1. The minimum atomic E-state index is -1.07. The minimum Gasteiger partial charge on any atom is -0.491 e. The quantitative estimate of drug-likeness (QED) is 0.135. The Balaban J connectivity index is 1.02. The second-order valence-corrected chi connectivity index (χ2v) is 10.4. The third-order valence-electron chi connectivity index (χ3n) is 7.19. The fourth-order valence-corrected chi connectivity index (χ4v) is 4.90. The summed E-state index contributed by atoms with van der Waals surface area (Å²) in [5.74, 6) is -2.04. The molecule has 2 N–H and O–H groups in total. The number of piperidine rings is 1. The number of imide groups is 2. The van der Waals surface area contributed by atoms with E-state index >= 15 is 0 Å². The molecule has 5 amide bonds. The highest BCUT2D eigenvalue weighted by atomic mass is 16.6. The summed E-state index contributed by atoms with van der Waals surface area (Å²) in [7, 11) is 0. The van der Waals surface area contributed by atoms with E-state index in [2.05, 4.69) is 10.6 Å².